The molecule has 4 nitrogen and oxygen atoms in total. The molecule has 0 heterocycles. The van der Waals surface area contributed by atoms with Gasteiger partial charge in [-0.1, -0.05) is 19.9 Å². The predicted molar refractivity (Wildman–Crippen MR) is 69.0 cm³/mol. The minimum atomic E-state index is -3.69. The number of sulfonamides is 1. The molecule has 1 unspecified atom stereocenters. The Morgan fingerprint density at radius 3 is 2.56 bits per heavy atom. The first-order chi connectivity index (χ1) is 8.36. The van der Waals surface area contributed by atoms with Gasteiger partial charge in [-0.2, -0.15) is 0 Å². The van der Waals surface area contributed by atoms with Crippen LogP contribution in [-0.2, 0) is 10.0 Å². The molecule has 1 aromatic carbocycles. The molecular formula is C12H19FN2O2S. The van der Waals surface area contributed by atoms with Crippen molar-refractivity contribution in [1.29, 1.82) is 0 Å². The summed E-state index contributed by atoms with van der Waals surface area (Å²) in [7, 11) is -3.69. The Balaban J connectivity index is 2.93. The highest BCUT2D eigenvalue weighted by atomic mass is 32.2. The van der Waals surface area contributed by atoms with E-state index in [1.165, 1.54) is 18.2 Å². The highest BCUT2D eigenvalue weighted by Gasteiger charge is 2.22. The lowest BCUT2D eigenvalue weighted by Gasteiger charge is -2.21. The molecule has 0 aliphatic rings. The zero-order valence-corrected chi connectivity index (χ0v) is 11.4. The second-order valence-electron chi connectivity index (χ2n) is 4.51. The Labute approximate surface area is 107 Å². The van der Waals surface area contributed by atoms with Crippen molar-refractivity contribution in [2.24, 2.45) is 11.7 Å². The predicted octanol–water partition coefficient (Wildman–Crippen LogP) is 1.48. The van der Waals surface area contributed by atoms with Gasteiger partial charge >= 0.3 is 0 Å². The van der Waals surface area contributed by atoms with Gasteiger partial charge in [-0.05, 0) is 37.1 Å². The van der Waals surface area contributed by atoms with Crippen molar-refractivity contribution in [3.8, 4) is 0 Å². The molecule has 0 aliphatic heterocycles. The number of hydrogen-bond acceptors (Lipinski definition) is 3. The van der Waals surface area contributed by atoms with Crippen molar-refractivity contribution in [3.05, 3.63) is 30.1 Å². The van der Waals surface area contributed by atoms with Crippen molar-refractivity contribution in [1.82, 2.24) is 4.72 Å². The van der Waals surface area contributed by atoms with E-state index in [1.54, 1.807) is 0 Å². The van der Waals surface area contributed by atoms with Gasteiger partial charge < -0.3 is 5.73 Å². The molecule has 18 heavy (non-hydrogen) atoms. The number of benzene rings is 1. The van der Waals surface area contributed by atoms with E-state index in [9.17, 15) is 12.8 Å². The average Bonchev–Trinajstić information content (AvgIpc) is 2.28. The summed E-state index contributed by atoms with van der Waals surface area (Å²) in [6.45, 7) is 4.22. The Kier molecular flexibility index (Phi) is 5.25. The zero-order valence-electron chi connectivity index (χ0n) is 10.6. The van der Waals surface area contributed by atoms with Gasteiger partial charge in [0.1, 0.15) is 5.82 Å². The second-order valence-corrected chi connectivity index (χ2v) is 6.22. The molecule has 0 radical (unpaired) electrons. The van der Waals surface area contributed by atoms with Crippen LogP contribution >= 0.6 is 0 Å². The normalized spacial score (nSPS) is 13.8. The summed E-state index contributed by atoms with van der Waals surface area (Å²) in [5.74, 6) is -0.449. The van der Waals surface area contributed by atoms with Crippen molar-refractivity contribution in [3.63, 3.8) is 0 Å². The van der Waals surface area contributed by atoms with Crippen LogP contribution in [-0.4, -0.2) is 21.0 Å². The molecule has 0 aliphatic carbocycles. The van der Waals surface area contributed by atoms with Gasteiger partial charge in [0.25, 0.3) is 0 Å². The third-order valence-electron chi connectivity index (χ3n) is 2.70. The molecule has 0 bridgehead atoms. The van der Waals surface area contributed by atoms with Gasteiger partial charge in [0.05, 0.1) is 4.90 Å². The van der Waals surface area contributed by atoms with Crippen LogP contribution in [0.25, 0.3) is 0 Å². The van der Waals surface area contributed by atoms with E-state index in [0.717, 1.165) is 6.07 Å². The quantitative estimate of drug-likeness (QED) is 0.825. The molecule has 0 saturated heterocycles. The van der Waals surface area contributed by atoms with E-state index < -0.39 is 15.8 Å². The Hall–Kier alpha value is -0.980. The summed E-state index contributed by atoms with van der Waals surface area (Å²) in [5, 5.41) is 0. The molecular weight excluding hydrogens is 255 g/mol. The third kappa shape index (κ3) is 4.04. The largest absolute Gasteiger partial charge is 0.330 e. The molecule has 102 valence electrons. The van der Waals surface area contributed by atoms with Gasteiger partial charge in [-0.25, -0.2) is 17.5 Å². The minimum Gasteiger partial charge on any atom is -0.330 e. The number of nitrogens with one attached hydrogen (secondary N) is 1. The van der Waals surface area contributed by atoms with Crippen LogP contribution in [0.3, 0.4) is 0 Å². The van der Waals surface area contributed by atoms with Gasteiger partial charge in [0.2, 0.25) is 10.0 Å². The van der Waals surface area contributed by atoms with Crippen molar-refractivity contribution in [2.75, 3.05) is 6.54 Å². The summed E-state index contributed by atoms with van der Waals surface area (Å²) in [6, 6.07) is 4.70. The fourth-order valence-electron chi connectivity index (χ4n) is 1.61. The first-order valence-corrected chi connectivity index (χ1v) is 7.33. The van der Waals surface area contributed by atoms with Crippen LogP contribution in [0.2, 0.25) is 0 Å². The molecule has 0 amide bonds. The Morgan fingerprint density at radius 2 is 2.06 bits per heavy atom. The first-order valence-electron chi connectivity index (χ1n) is 5.85. The van der Waals surface area contributed by atoms with E-state index >= 15 is 0 Å². The Bertz CT molecular complexity index is 489. The van der Waals surface area contributed by atoms with Crippen LogP contribution in [0, 0.1) is 11.7 Å². The second kappa shape index (κ2) is 6.26. The fourth-order valence-corrected chi connectivity index (χ4v) is 3.06. The summed E-state index contributed by atoms with van der Waals surface area (Å²) >= 11 is 0. The maximum Gasteiger partial charge on any atom is 0.240 e. The molecule has 1 atom stereocenters. The van der Waals surface area contributed by atoms with Gasteiger partial charge in [-0.3, -0.25) is 0 Å². The maximum atomic E-state index is 13.0. The van der Waals surface area contributed by atoms with Crippen molar-refractivity contribution in [2.45, 2.75) is 31.2 Å². The van der Waals surface area contributed by atoms with Crippen LogP contribution in [0.4, 0.5) is 4.39 Å². The van der Waals surface area contributed by atoms with Gasteiger partial charge in [0, 0.05) is 6.04 Å². The molecule has 3 N–H and O–H groups in total. The van der Waals surface area contributed by atoms with Crippen molar-refractivity contribution >= 4 is 10.0 Å². The van der Waals surface area contributed by atoms with Gasteiger partial charge in [0.15, 0.2) is 0 Å². The first kappa shape index (κ1) is 15.1. The van der Waals surface area contributed by atoms with Crippen LogP contribution in [0.5, 0.6) is 0 Å². The number of rotatable bonds is 6. The van der Waals surface area contributed by atoms with Crippen LogP contribution < -0.4 is 10.5 Å². The molecule has 0 aromatic heterocycles. The van der Waals surface area contributed by atoms with Crippen molar-refractivity contribution < 1.29 is 12.8 Å². The standard InChI is InChI=1S/C12H19FN2O2S/c1-9(2)12(6-7-14)15-18(16,17)11-5-3-4-10(13)8-11/h3-5,8-9,12,15H,6-7,14H2,1-2H3. The molecule has 0 saturated carbocycles. The number of halogens is 1. The van der Waals surface area contributed by atoms with Gasteiger partial charge in [-0.15, -0.1) is 0 Å². The Morgan fingerprint density at radius 1 is 1.39 bits per heavy atom. The maximum absolute atomic E-state index is 13.0. The number of nitrogens with two attached hydrogens (primary N) is 1. The highest BCUT2D eigenvalue weighted by Crippen LogP contribution is 2.14. The summed E-state index contributed by atoms with van der Waals surface area (Å²) < 4.78 is 39.7. The highest BCUT2D eigenvalue weighted by molar-refractivity contribution is 7.89. The average molecular weight is 274 g/mol. The topological polar surface area (TPSA) is 72.2 Å². The van der Waals surface area contributed by atoms with Crippen LogP contribution in [0.1, 0.15) is 20.3 Å². The minimum absolute atomic E-state index is 0.0647. The lowest BCUT2D eigenvalue weighted by atomic mass is 10.0. The summed E-state index contributed by atoms with van der Waals surface area (Å²) in [5.41, 5.74) is 5.45. The van der Waals surface area contributed by atoms with E-state index in [-0.39, 0.29) is 16.9 Å². The van der Waals surface area contributed by atoms with E-state index in [0.29, 0.717) is 13.0 Å². The van der Waals surface area contributed by atoms with E-state index in [1.807, 2.05) is 13.8 Å². The zero-order chi connectivity index (χ0) is 13.8. The summed E-state index contributed by atoms with van der Waals surface area (Å²) in [4.78, 5) is -0.0647. The van der Waals surface area contributed by atoms with E-state index in [2.05, 4.69) is 4.72 Å². The molecule has 6 heteroatoms. The lowest BCUT2D eigenvalue weighted by Crippen LogP contribution is -2.39. The van der Waals surface area contributed by atoms with Crippen LogP contribution in [0.15, 0.2) is 29.2 Å². The molecule has 1 rings (SSSR count). The molecule has 1 aromatic rings. The fraction of sp³-hybridized carbons (Fsp3) is 0.500. The van der Waals surface area contributed by atoms with E-state index in [4.69, 9.17) is 5.73 Å². The summed E-state index contributed by atoms with van der Waals surface area (Å²) in [6.07, 6.45) is 0.548. The lowest BCUT2D eigenvalue weighted by molar-refractivity contribution is 0.428. The third-order valence-corrected chi connectivity index (χ3v) is 4.18. The SMILES string of the molecule is CC(C)C(CCN)NS(=O)(=O)c1cccc(F)c1. The molecule has 0 spiro atoms. The number of hydrogen-bond donors (Lipinski definition) is 2. The smallest absolute Gasteiger partial charge is 0.240 e. The monoisotopic (exact) mass is 274 g/mol. The molecule has 0 fully saturated rings.